The van der Waals surface area contributed by atoms with E-state index in [-0.39, 0.29) is 17.2 Å². The molecule has 2 aromatic heterocycles. The lowest BCUT2D eigenvalue weighted by atomic mass is 10.1. The van der Waals surface area contributed by atoms with Crippen LogP contribution < -0.4 is 21.3 Å². The summed E-state index contributed by atoms with van der Waals surface area (Å²) in [5, 5.41) is 3.27. The van der Waals surface area contributed by atoms with E-state index in [4.69, 9.17) is 0 Å². The predicted molar refractivity (Wildman–Crippen MR) is 90.5 cm³/mol. The van der Waals surface area contributed by atoms with Crippen LogP contribution in [0.5, 0.6) is 0 Å². The first-order chi connectivity index (χ1) is 11.7. The highest BCUT2D eigenvalue weighted by Gasteiger charge is 2.27. The van der Waals surface area contributed by atoms with Gasteiger partial charge in [-0.05, 0) is 25.7 Å². The lowest BCUT2D eigenvalue weighted by molar-refractivity contribution is 0.522. The smallest absolute Gasteiger partial charge is 0.293 e. The molecule has 1 saturated heterocycles. The molecule has 4 rings (SSSR count). The Balaban J connectivity index is 1.51. The number of rotatable bonds is 4. The number of aromatic amines is 1. The average molecular weight is 328 g/mol. The first-order valence-corrected chi connectivity index (χ1v) is 8.34. The van der Waals surface area contributed by atoms with Crippen molar-refractivity contribution in [3.05, 3.63) is 45.5 Å². The summed E-state index contributed by atoms with van der Waals surface area (Å²) in [5.41, 5.74) is -0.250. The number of H-pyrrole nitrogens is 1. The van der Waals surface area contributed by atoms with Crippen molar-refractivity contribution >= 4 is 11.6 Å². The summed E-state index contributed by atoms with van der Waals surface area (Å²) in [7, 11) is 0. The predicted octanol–water partition coefficient (Wildman–Crippen LogP) is 0.742. The molecule has 2 fully saturated rings. The van der Waals surface area contributed by atoms with Crippen molar-refractivity contribution in [1.82, 2.24) is 19.5 Å². The number of nitrogens with zero attached hydrogens (tertiary/aromatic N) is 4. The zero-order valence-corrected chi connectivity index (χ0v) is 13.3. The van der Waals surface area contributed by atoms with Gasteiger partial charge in [0.2, 0.25) is 0 Å². The summed E-state index contributed by atoms with van der Waals surface area (Å²) in [4.78, 5) is 37.4. The third-order valence-electron chi connectivity index (χ3n) is 4.56. The van der Waals surface area contributed by atoms with Crippen LogP contribution in [0.3, 0.4) is 0 Å². The number of piperidine rings is 1. The largest absolute Gasteiger partial charge is 0.361 e. The van der Waals surface area contributed by atoms with Crippen LogP contribution in [0.15, 0.2) is 34.4 Å². The third kappa shape index (κ3) is 2.91. The highest BCUT2D eigenvalue weighted by molar-refractivity contribution is 5.39. The zero-order valence-electron chi connectivity index (χ0n) is 13.3. The Labute approximate surface area is 138 Å². The van der Waals surface area contributed by atoms with E-state index < -0.39 is 0 Å². The molecule has 8 heteroatoms. The van der Waals surface area contributed by atoms with Crippen LogP contribution in [0, 0.1) is 0 Å². The van der Waals surface area contributed by atoms with E-state index in [0.29, 0.717) is 24.2 Å². The molecule has 3 heterocycles. The van der Waals surface area contributed by atoms with E-state index in [9.17, 15) is 9.59 Å². The van der Waals surface area contributed by atoms with Gasteiger partial charge in [-0.3, -0.25) is 9.59 Å². The quantitative estimate of drug-likeness (QED) is 0.859. The van der Waals surface area contributed by atoms with Gasteiger partial charge >= 0.3 is 0 Å². The van der Waals surface area contributed by atoms with Crippen molar-refractivity contribution in [2.45, 2.75) is 37.8 Å². The Kier molecular flexibility index (Phi) is 3.79. The summed E-state index contributed by atoms with van der Waals surface area (Å²) in [5.74, 6) is 0.826. The first kappa shape index (κ1) is 14.9. The molecule has 0 radical (unpaired) electrons. The van der Waals surface area contributed by atoms with Gasteiger partial charge in [0.25, 0.3) is 11.1 Å². The number of nitrogens with one attached hydrogen (secondary N) is 2. The minimum atomic E-state index is -0.188. The maximum atomic E-state index is 12.5. The maximum absolute atomic E-state index is 12.5. The summed E-state index contributed by atoms with van der Waals surface area (Å²) in [6.07, 6.45) is 10.5. The lowest BCUT2D eigenvalue weighted by Crippen LogP contribution is -2.45. The van der Waals surface area contributed by atoms with Crippen LogP contribution in [0.4, 0.5) is 11.6 Å². The summed E-state index contributed by atoms with van der Waals surface area (Å²) in [6, 6.07) is 0.395. The fourth-order valence-corrected chi connectivity index (χ4v) is 3.21. The van der Waals surface area contributed by atoms with Gasteiger partial charge in [0.05, 0.1) is 0 Å². The molecule has 0 amide bonds. The Morgan fingerprint density at radius 2 is 2.04 bits per heavy atom. The fraction of sp³-hybridized carbons (Fsp3) is 0.500. The van der Waals surface area contributed by atoms with E-state index in [1.807, 2.05) is 4.90 Å². The standard InChI is InChI=1S/C16H20N6O2/c23-15-14(18-5-6-19-15)21-8-1-2-11(10-21)20-13-16(24)22(9-7-17-13)12-3-4-12/h5-7,9,11-12H,1-4,8,10H2,(H,17,20)(H,19,23)/t11-/m0/s1. The second-order valence-corrected chi connectivity index (χ2v) is 6.39. The fourth-order valence-electron chi connectivity index (χ4n) is 3.21. The number of hydrogen-bond donors (Lipinski definition) is 2. The third-order valence-corrected chi connectivity index (χ3v) is 4.56. The van der Waals surface area contributed by atoms with Crippen LogP contribution in [0.1, 0.15) is 31.7 Å². The van der Waals surface area contributed by atoms with Crippen LogP contribution in [-0.2, 0) is 0 Å². The van der Waals surface area contributed by atoms with Gasteiger partial charge in [0.15, 0.2) is 11.6 Å². The van der Waals surface area contributed by atoms with Crippen LogP contribution >= 0.6 is 0 Å². The highest BCUT2D eigenvalue weighted by Crippen LogP contribution is 2.33. The van der Waals surface area contributed by atoms with Crippen molar-refractivity contribution in [2.75, 3.05) is 23.3 Å². The molecule has 1 saturated carbocycles. The molecule has 1 aliphatic carbocycles. The summed E-state index contributed by atoms with van der Waals surface area (Å²) >= 11 is 0. The highest BCUT2D eigenvalue weighted by atomic mass is 16.1. The monoisotopic (exact) mass is 328 g/mol. The van der Waals surface area contributed by atoms with E-state index in [1.165, 1.54) is 6.20 Å². The molecule has 0 spiro atoms. The van der Waals surface area contributed by atoms with Gasteiger partial charge in [-0.15, -0.1) is 0 Å². The van der Waals surface area contributed by atoms with E-state index in [1.54, 1.807) is 23.2 Å². The first-order valence-electron chi connectivity index (χ1n) is 8.34. The molecular formula is C16H20N6O2. The maximum Gasteiger partial charge on any atom is 0.293 e. The molecule has 126 valence electrons. The van der Waals surface area contributed by atoms with Crippen molar-refractivity contribution in [1.29, 1.82) is 0 Å². The summed E-state index contributed by atoms with van der Waals surface area (Å²) in [6.45, 7) is 1.41. The molecule has 2 aliphatic rings. The topological polar surface area (TPSA) is 95.9 Å². The van der Waals surface area contributed by atoms with Gasteiger partial charge in [-0.2, -0.15) is 0 Å². The normalized spacial score (nSPS) is 20.8. The van der Waals surface area contributed by atoms with Crippen LogP contribution in [-0.4, -0.2) is 38.7 Å². The molecule has 2 aromatic rings. The van der Waals surface area contributed by atoms with Gasteiger partial charge < -0.3 is 19.8 Å². The van der Waals surface area contributed by atoms with E-state index in [2.05, 4.69) is 20.3 Å². The molecule has 1 atom stereocenters. The average Bonchev–Trinajstić information content (AvgIpc) is 3.42. The molecule has 1 aliphatic heterocycles. The second kappa shape index (κ2) is 6.10. The molecule has 2 N–H and O–H groups in total. The molecular weight excluding hydrogens is 308 g/mol. The van der Waals surface area contributed by atoms with Crippen LogP contribution in [0.2, 0.25) is 0 Å². The Hall–Kier alpha value is -2.64. The van der Waals surface area contributed by atoms with Crippen molar-refractivity contribution < 1.29 is 0 Å². The minimum absolute atomic E-state index is 0.0622. The van der Waals surface area contributed by atoms with Gasteiger partial charge in [-0.1, -0.05) is 0 Å². The van der Waals surface area contributed by atoms with Gasteiger partial charge in [0.1, 0.15) is 0 Å². The van der Waals surface area contributed by atoms with E-state index in [0.717, 1.165) is 32.2 Å². The van der Waals surface area contributed by atoms with Crippen LogP contribution in [0.25, 0.3) is 0 Å². The number of aromatic nitrogens is 4. The second-order valence-electron chi connectivity index (χ2n) is 6.39. The Morgan fingerprint density at radius 3 is 2.83 bits per heavy atom. The lowest BCUT2D eigenvalue weighted by Gasteiger charge is -2.33. The Bertz CT molecular complexity index is 841. The molecule has 0 aromatic carbocycles. The van der Waals surface area contributed by atoms with Gasteiger partial charge in [-0.25, -0.2) is 9.97 Å². The SMILES string of the molecule is O=c1[nH]ccnc1N1CCC[C@H](Nc2nccn(C3CC3)c2=O)C1. The molecule has 0 bridgehead atoms. The van der Waals surface area contributed by atoms with Crippen molar-refractivity contribution in [3.63, 3.8) is 0 Å². The summed E-state index contributed by atoms with van der Waals surface area (Å²) < 4.78 is 1.76. The molecule has 0 unspecified atom stereocenters. The molecule has 24 heavy (non-hydrogen) atoms. The van der Waals surface area contributed by atoms with Crippen molar-refractivity contribution in [2.24, 2.45) is 0 Å². The van der Waals surface area contributed by atoms with Crippen molar-refractivity contribution in [3.8, 4) is 0 Å². The molecule has 8 nitrogen and oxygen atoms in total. The number of hydrogen-bond acceptors (Lipinski definition) is 6. The minimum Gasteiger partial charge on any atom is -0.361 e. The Morgan fingerprint density at radius 1 is 1.17 bits per heavy atom. The zero-order chi connectivity index (χ0) is 16.5. The number of anilines is 2. The van der Waals surface area contributed by atoms with E-state index >= 15 is 0 Å². The van der Waals surface area contributed by atoms with Gasteiger partial charge in [0, 0.05) is 50.0 Å².